The van der Waals surface area contributed by atoms with Crippen LogP contribution >= 0.6 is 0 Å². The van der Waals surface area contributed by atoms with Crippen molar-refractivity contribution in [1.29, 1.82) is 0 Å². The molecule has 1 N–H and O–H groups in total. The maximum Gasteiger partial charge on any atom is 0.331 e. The lowest BCUT2D eigenvalue weighted by atomic mass is 9.99. The number of aromatic nitrogens is 3. The first-order chi connectivity index (χ1) is 14.5. The molecule has 7 nitrogen and oxygen atoms in total. The van der Waals surface area contributed by atoms with Gasteiger partial charge in [-0.15, -0.1) is 0 Å². The van der Waals surface area contributed by atoms with Gasteiger partial charge >= 0.3 is 5.69 Å². The van der Waals surface area contributed by atoms with Gasteiger partial charge in [0.15, 0.2) is 0 Å². The van der Waals surface area contributed by atoms with Gasteiger partial charge in [-0.3, -0.25) is 13.9 Å². The van der Waals surface area contributed by atoms with Crippen LogP contribution in [0.4, 0.5) is 5.69 Å². The molecule has 2 aromatic heterocycles. The average Bonchev–Trinajstić information content (AvgIpc) is 3.18. The van der Waals surface area contributed by atoms with Crippen LogP contribution < -0.4 is 21.3 Å². The summed E-state index contributed by atoms with van der Waals surface area (Å²) < 4.78 is 10.3. The van der Waals surface area contributed by atoms with Crippen molar-refractivity contribution < 1.29 is 4.74 Å². The highest BCUT2D eigenvalue weighted by Crippen LogP contribution is 2.40. The van der Waals surface area contributed by atoms with Crippen LogP contribution in [0.25, 0.3) is 16.6 Å². The molecule has 0 bridgehead atoms. The molecular formula is C23H22N4O3. The molecule has 3 heterocycles. The third-order valence-electron chi connectivity index (χ3n) is 5.72. The minimum atomic E-state index is -0.342. The maximum atomic E-state index is 12.9. The van der Waals surface area contributed by atoms with Crippen molar-refractivity contribution in [2.24, 2.45) is 14.1 Å². The number of hydrogen-bond acceptors (Lipinski definition) is 4. The van der Waals surface area contributed by atoms with Gasteiger partial charge in [0.2, 0.25) is 0 Å². The van der Waals surface area contributed by atoms with E-state index in [1.165, 1.54) is 7.05 Å². The SMILES string of the molecule is CCOc1ccc([C@@H]2Nc3ccccc3-n3cc4c(=O)n(C)c(=O)n(C)c4c32)cc1. The van der Waals surface area contributed by atoms with Crippen LogP contribution in [-0.4, -0.2) is 20.3 Å². The quantitative estimate of drug-likeness (QED) is 0.572. The molecule has 4 aromatic rings. The standard InChI is InChI=1S/C23H22N4O3/c1-4-30-15-11-9-14(10-12-15)19-21-20-16(22(28)26(3)23(29)25(20)2)13-27(21)18-8-6-5-7-17(18)24-19/h5-13,19,24H,4H2,1-3H3/t19-/m0/s1. The zero-order valence-electron chi connectivity index (χ0n) is 17.0. The second kappa shape index (κ2) is 6.66. The minimum absolute atomic E-state index is 0.231. The molecule has 1 atom stereocenters. The lowest BCUT2D eigenvalue weighted by Crippen LogP contribution is -2.37. The number of nitrogens with zero attached hydrogens (tertiary/aromatic N) is 3. The molecule has 152 valence electrons. The van der Waals surface area contributed by atoms with Crippen molar-refractivity contribution in [2.45, 2.75) is 13.0 Å². The molecule has 0 radical (unpaired) electrons. The summed E-state index contributed by atoms with van der Waals surface area (Å²) >= 11 is 0. The number of aryl methyl sites for hydroxylation is 1. The summed E-state index contributed by atoms with van der Waals surface area (Å²) in [6.07, 6.45) is 1.84. The van der Waals surface area contributed by atoms with Gasteiger partial charge in [-0.1, -0.05) is 24.3 Å². The first-order valence-electron chi connectivity index (χ1n) is 9.91. The van der Waals surface area contributed by atoms with E-state index in [2.05, 4.69) is 5.32 Å². The third kappa shape index (κ3) is 2.51. The van der Waals surface area contributed by atoms with Crippen LogP contribution in [0.15, 0.2) is 64.3 Å². The summed E-state index contributed by atoms with van der Waals surface area (Å²) in [5.74, 6) is 0.805. The summed E-state index contributed by atoms with van der Waals surface area (Å²) in [7, 11) is 3.22. The summed E-state index contributed by atoms with van der Waals surface area (Å²) in [6.45, 7) is 2.56. The summed E-state index contributed by atoms with van der Waals surface area (Å²) in [4.78, 5) is 25.6. The number of fused-ring (bicyclic) bond motifs is 5. The lowest BCUT2D eigenvalue weighted by Gasteiger charge is -2.30. The molecule has 0 saturated heterocycles. The molecule has 0 unspecified atom stereocenters. The van der Waals surface area contributed by atoms with Gasteiger partial charge in [-0.2, -0.15) is 0 Å². The topological polar surface area (TPSA) is 70.2 Å². The lowest BCUT2D eigenvalue weighted by molar-refractivity contribution is 0.340. The summed E-state index contributed by atoms with van der Waals surface area (Å²) in [5, 5.41) is 4.11. The van der Waals surface area contributed by atoms with Gasteiger partial charge in [-0.25, -0.2) is 4.79 Å². The Kier molecular flexibility index (Phi) is 4.06. The Morgan fingerprint density at radius 3 is 2.47 bits per heavy atom. The van der Waals surface area contributed by atoms with Crippen LogP contribution in [0.2, 0.25) is 0 Å². The van der Waals surface area contributed by atoms with Gasteiger partial charge in [0.1, 0.15) is 5.75 Å². The van der Waals surface area contributed by atoms with Gasteiger partial charge in [0.25, 0.3) is 5.56 Å². The van der Waals surface area contributed by atoms with E-state index >= 15 is 0 Å². The molecule has 5 rings (SSSR count). The molecule has 1 aliphatic heterocycles. The Bertz CT molecular complexity index is 1390. The number of anilines is 1. The van der Waals surface area contributed by atoms with Gasteiger partial charge in [0, 0.05) is 20.3 Å². The Balaban J connectivity index is 1.83. The Morgan fingerprint density at radius 1 is 1.00 bits per heavy atom. The zero-order chi connectivity index (χ0) is 21.0. The van der Waals surface area contributed by atoms with Crippen molar-refractivity contribution in [1.82, 2.24) is 13.7 Å². The Hall–Kier alpha value is -3.74. The molecule has 0 aliphatic carbocycles. The number of hydrogen-bond donors (Lipinski definition) is 1. The van der Waals surface area contributed by atoms with E-state index in [9.17, 15) is 9.59 Å². The largest absolute Gasteiger partial charge is 0.494 e. The number of benzene rings is 2. The highest BCUT2D eigenvalue weighted by molar-refractivity contribution is 5.86. The van der Waals surface area contributed by atoms with Crippen LogP contribution in [-0.2, 0) is 14.1 Å². The first-order valence-corrected chi connectivity index (χ1v) is 9.91. The maximum absolute atomic E-state index is 12.9. The van der Waals surface area contributed by atoms with E-state index in [0.717, 1.165) is 32.9 Å². The highest BCUT2D eigenvalue weighted by atomic mass is 16.5. The van der Waals surface area contributed by atoms with E-state index in [4.69, 9.17) is 4.74 Å². The number of ether oxygens (including phenoxy) is 1. The molecule has 2 aromatic carbocycles. The minimum Gasteiger partial charge on any atom is -0.494 e. The van der Waals surface area contributed by atoms with Crippen molar-refractivity contribution >= 4 is 16.6 Å². The third-order valence-corrected chi connectivity index (χ3v) is 5.72. The molecule has 0 amide bonds. The predicted octanol–water partition coefficient (Wildman–Crippen LogP) is 2.94. The number of para-hydroxylation sites is 2. The second-order valence-electron chi connectivity index (χ2n) is 7.45. The number of nitrogens with one attached hydrogen (secondary N) is 1. The van der Waals surface area contributed by atoms with Gasteiger partial charge < -0.3 is 14.6 Å². The zero-order valence-corrected chi connectivity index (χ0v) is 17.0. The first kappa shape index (κ1) is 18.3. The Labute approximate surface area is 172 Å². The predicted molar refractivity (Wildman–Crippen MR) is 117 cm³/mol. The van der Waals surface area contributed by atoms with E-state index in [1.807, 2.05) is 66.2 Å². The van der Waals surface area contributed by atoms with Crippen molar-refractivity contribution in [3.63, 3.8) is 0 Å². The van der Waals surface area contributed by atoms with Crippen molar-refractivity contribution in [2.75, 3.05) is 11.9 Å². The number of rotatable bonds is 3. The molecule has 0 spiro atoms. The summed E-state index contributed by atoms with van der Waals surface area (Å²) in [5.41, 5.74) is 3.80. The molecule has 30 heavy (non-hydrogen) atoms. The van der Waals surface area contributed by atoms with Crippen LogP contribution in [0.3, 0.4) is 0 Å². The smallest absolute Gasteiger partial charge is 0.331 e. The monoisotopic (exact) mass is 402 g/mol. The fraction of sp³-hybridized carbons (Fsp3) is 0.217. The second-order valence-corrected chi connectivity index (χ2v) is 7.45. The van der Waals surface area contributed by atoms with Crippen LogP contribution in [0, 0.1) is 0 Å². The fourth-order valence-corrected chi connectivity index (χ4v) is 4.28. The van der Waals surface area contributed by atoms with Gasteiger partial charge in [-0.05, 0) is 36.8 Å². The fourth-order valence-electron chi connectivity index (χ4n) is 4.28. The highest BCUT2D eigenvalue weighted by Gasteiger charge is 2.30. The Morgan fingerprint density at radius 2 is 1.73 bits per heavy atom. The normalized spacial score (nSPS) is 14.8. The van der Waals surface area contributed by atoms with Crippen LogP contribution in [0.1, 0.15) is 24.2 Å². The van der Waals surface area contributed by atoms with E-state index in [-0.39, 0.29) is 17.3 Å². The van der Waals surface area contributed by atoms with Crippen molar-refractivity contribution in [3.05, 3.63) is 86.8 Å². The molecule has 0 fully saturated rings. The van der Waals surface area contributed by atoms with E-state index in [0.29, 0.717) is 17.5 Å². The molecule has 1 aliphatic rings. The van der Waals surface area contributed by atoms with Crippen LogP contribution in [0.5, 0.6) is 5.75 Å². The molecular weight excluding hydrogens is 380 g/mol. The average molecular weight is 402 g/mol. The van der Waals surface area contributed by atoms with E-state index < -0.39 is 0 Å². The van der Waals surface area contributed by atoms with E-state index in [1.54, 1.807) is 11.6 Å². The van der Waals surface area contributed by atoms with Gasteiger partial charge in [0.05, 0.1) is 40.6 Å². The van der Waals surface area contributed by atoms with Crippen molar-refractivity contribution in [3.8, 4) is 11.4 Å². The molecule has 7 heteroatoms. The molecule has 0 saturated carbocycles. The summed E-state index contributed by atoms with van der Waals surface area (Å²) in [6, 6.07) is 15.6.